The summed E-state index contributed by atoms with van der Waals surface area (Å²) in [6.07, 6.45) is 0. The van der Waals surface area contributed by atoms with Crippen LogP contribution in [-0.2, 0) is 7.05 Å². The minimum atomic E-state index is -0.0793. The Labute approximate surface area is 107 Å². The third-order valence-electron chi connectivity index (χ3n) is 3.16. The number of rotatable bonds is 3. The van der Waals surface area contributed by atoms with Gasteiger partial charge in [-0.3, -0.25) is 4.79 Å². The molecule has 2 aromatic rings. The predicted octanol–water partition coefficient (Wildman–Crippen LogP) is 1.56. The highest BCUT2D eigenvalue weighted by atomic mass is 16.2. The summed E-state index contributed by atoms with van der Waals surface area (Å²) in [6.45, 7) is 4.38. The monoisotopic (exact) mass is 245 g/mol. The van der Waals surface area contributed by atoms with Gasteiger partial charge in [-0.1, -0.05) is 11.6 Å². The summed E-state index contributed by atoms with van der Waals surface area (Å²) in [6, 6.07) is 8.07. The number of aryl methyl sites for hydroxylation is 2. The number of fused-ring (bicyclic) bond motifs is 1. The fourth-order valence-corrected chi connectivity index (χ4v) is 2.04. The predicted molar refractivity (Wildman–Crippen MR) is 73.6 cm³/mol. The Kier molecular flexibility index (Phi) is 3.39. The van der Waals surface area contributed by atoms with E-state index in [2.05, 4.69) is 11.4 Å². The molecule has 1 unspecified atom stereocenters. The zero-order valence-corrected chi connectivity index (χ0v) is 11.0. The lowest BCUT2D eigenvalue weighted by Crippen LogP contribution is -2.38. The van der Waals surface area contributed by atoms with Crippen LogP contribution in [-0.4, -0.2) is 23.1 Å². The third-order valence-corrected chi connectivity index (χ3v) is 3.16. The van der Waals surface area contributed by atoms with E-state index in [4.69, 9.17) is 5.73 Å². The first-order valence-electron chi connectivity index (χ1n) is 6.10. The summed E-state index contributed by atoms with van der Waals surface area (Å²) < 4.78 is 1.91. The van der Waals surface area contributed by atoms with Crippen LogP contribution in [0.25, 0.3) is 10.9 Å². The molecule has 0 saturated carbocycles. The van der Waals surface area contributed by atoms with E-state index in [1.165, 1.54) is 5.56 Å². The van der Waals surface area contributed by atoms with Gasteiger partial charge in [0.05, 0.1) is 0 Å². The topological polar surface area (TPSA) is 60.1 Å². The summed E-state index contributed by atoms with van der Waals surface area (Å²) in [4.78, 5) is 12.1. The van der Waals surface area contributed by atoms with Gasteiger partial charge in [0, 0.05) is 30.5 Å². The van der Waals surface area contributed by atoms with Crippen LogP contribution in [0, 0.1) is 6.92 Å². The van der Waals surface area contributed by atoms with E-state index >= 15 is 0 Å². The van der Waals surface area contributed by atoms with E-state index in [-0.39, 0.29) is 11.9 Å². The van der Waals surface area contributed by atoms with E-state index in [0.717, 1.165) is 10.9 Å². The number of nitrogens with zero attached hydrogens (tertiary/aromatic N) is 1. The molecule has 0 radical (unpaired) electrons. The highest BCUT2D eigenvalue weighted by Gasteiger charge is 2.14. The summed E-state index contributed by atoms with van der Waals surface area (Å²) in [5, 5.41) is 3.96. The van der Waals surface area contributed by atoms with Crippen LogP contribution in [0.5, 0.6) is 0 Å². The van der Waals surface area contributed by atoms with Gasteiger partial charge in [0.15, 0.2) is 0 Å². The molecule has 3 N–H and O–H groups in total. The molecule has 1 aromatic heterocycles. The zero-order valence-electron chi connectivity index (χ0n) is 11.0. The van der Waals surface area contributed by atoms with E-state index in [0.29, 0.717) is 12.2 Å². The number of amides is 1. The maximum atomic E-state index is 12.1. The van der Waals surface area contributed by atoms with Crippen molar-refractivity contribution in [2.75, 3.05) is 6.54 Å². The molecule has 0 aliphatic heterocycles. The van der Waals surface area contributed by atoms with Crippen LogP contribution in [0.1, 0.15) is 23.0 Å². The lowest BCUT2D eigenvalue weighted by molar-refractivity contribution is 0.0933. The Balaban J connectivity index is 2.39. The Morgan fingerprint density at radius 2 is 2.17 bits per heavy atom. The molecule has 1 amide bonds. The van der Waals surface area contributed by atoms with Gasteiger partial charge in [0.2, 0.25) is 0 Å². The molecule has 0 bridgehead atoms. The third kappa shape index (κ3) is 2.24. The average molecular weight is 245 g/mol. The second kappa shape index (κ2) is 4.82. The standard InChI is InChI=1S/C14H19N3O/c1-9-4-5-12-11(6-9)7-13(17(12)3)14(18)16-10(2)8-15/h4-7,10H,8,15H2,1-3H3,(H,16,18). The molecule has 18 heavy (non-hydrogen) atoms. The molecule has 1 heterocycles. The first-order chi connectivity index (χ1) is 8.52. The first-order valence-corrected chi connectivity index (χ1v) is 6.10. The molecular formula is C14H19N3O. The van der Waals surface area contributed by atoms with Gasteiger partial charge in [-0.25, -0.2) is 0 Å². The number of aromatic nitrogens is 1. The van der Waals surface area contributed by atoms with Crippen molar-refractivity contribution in [1.82, 2.24) is 9.88 Å². The maximum absolute atomic E-state index is 12.1. The van der Waals surface area contributed by atoms with Gasteiger partial charge in [-0.05, 0) is 32.0 Å². The molecule has 2 rings (SSSR count). The minimum absolute atomic E-state index is 0.0164. The number of hydrogen-bond donors (Lipinski definition) is 2. The van der Waals surface area contributed by atoms with Crippen LogP contribution in [0.4, 0.5) is 0 Å². The van der Waals surface area contributed by atoms with Crippen LogP contribution >= 0.6 is 0 Å². The van der Waals surface area contributed by atoms with Crippen molar-refractivity contribution in [2.45, 2.75) is 19.9 Å². The van der Waals surface area contributed by atoms with Gasteiger partial charge in [0.25, 0.3) is 5.91 Å². The summed E-state index contributed by atoms with van der Waals surface area (Å²) >= 11 is 0. The highest BCUT2D eigenvalue weighted by Crippen LogP contribution is 2.20. The number of carbonyl (C=O) groups excluding carboxylic acids is 1. The number of hydrogen-bond acceptors (Lipinski definition) is 2. The Bertz CT molecular complexity index is 586. The molecule has 4 heteroatoms. The fraction of sp³-hybridized carbons (Fsp3) is 0.357. The summed E-state index contributed by atoms with van der Waals surface area (Å²) in [5.74, 6) is -0.0793. The molecule has 1 aromatic carbocycles. The van der Waals surface area contributed by atoms with Gasteiger partial charge >= 0.3 is 0 Å². The Hall–Kier alpha value is -1.81. The average Bonchev–Trinajstić information content (AvgIpc) is 2.66. The van der Waals surface area contributed by atoms with E-state index in [1.807, 2.05) is 43.7 Å². The second-order valence-corrected chi connectivity index (χ2v) is 4.76. The van der Waals surface area contributed by atoms with Crippen molar-refractivity contribution in [2.24, 2.45) is 12.8 Å². The molecule has 0 saturated heterocycles. The molecule has 4 nitrogen and oxygen atoms in total. The maximum Gasteiger partial charge on any atom is 0.268 e. The number of nitrogens with two attached hydrogens (primary N) is 1. The smallest absolute Gasteiger partial charge is 0.268 e. The van der Waals surface area contributed by atoms with Crippen molar-refractivity contribution < 1.29 is 4.79 Å². The molecule has 0 aliphatic rings. The van der Waals surface area contributed by atoms with Crippen molar-refractivity contribution in [1.29, 1.82) is 0 Å². The van der Waals surface area contributed by atoms with Gasteiger partial charge < -0.3 is 15.6 Å². The van der Waals surface area contributed by atoms with E-state index < -0.39 is 0 Å². The number of benzene rings is 1. The Morgan fingerprint density at radius 1 is 1.44 bits per heavy atom. The van der Waals surface area contributed by atoms with E-state index in [9.17, 15) is 4.79 Å². The van der Waals surface area contributed by atoms with Crippen LogP contribution < -0.4 is 11.1 Å². The number of carbonyl (C=O) groups is 1. The summed E-state index contributed by atoms with van der Waals surface area (Å²) in [5.41, 5.74) is 8.42. The lowest BCUT2D eigenvalue weighted by Gasteiger charge is -2.11. The SMILES string of the molecule is Cc1ccc2c(c1)cc(C(=O)NC(C)CN)n2C. The zero-order chi connectivity index (χ0) is 13.3. The largest absolute Gasteiger partial charge is 0.347 e. The Morgan fingerprint density at radius 3 is 2.83 bits per heavy atom. The van der Waals surface area contributed by atoms with Gasteiger partial charge in [-0.15, -0.1) is 0 Å². The lowest BCUT2D eigenvalue weighted by atomic mass is 10.2. The number of nitrogens with one attached hydrogen (secondary N) is 1. The molecule has 0 aliphatic carbocycles. The summed E-state index contributed by atoms with van der Waals surface area (Å²) in [7, 11) is 1.90. The molecular weight excluding hydrogens is 226 g/mol. The second-order valence-electron chi connectivity index (χ2n) is 4.76. The molecule has 0 spiro atoms. The van der Waals surface area contributed by atoms with Crippen molar-refractivity contribution in [3.8, 4) is 0 Å². The minimum Gasteiger partial charge on any atom is -0.347 e. The van der Waals surface area contributed by atoms with Crippen molar-refractivity contribution in [3.63, 3.8) is 0 Å². The molecule has 1 atom stereocenters. The van der Waals surface area contributed by atoms with Gasteiger partial charge in [0.1, 0.15) is 5.69 Å². The highest BCUT2D eigenvalue weighted by molar-refractivity contribution is 5.98. The first kappa shape index (κ1) is 12.6. The molecule has 96 valence electrons. The normalized spacial score (nSPS) is 12.7. The van der Waals surface area contributed by atoms with Crippen molar-refractivity contribution >= 4 is 16.8 Å². The van der Waals surface area contributed by atoms with Crippen LogP contribution in [0.3, 0.4) is 0 Å². The van der Waals surface area contributed by atoms with Crippen molar-refractivity contribution in [3.05, 3.63) is 35.5 Å². The van der Waals surface area contributed by atoms with Gasteiger partial charge in [-0.2, -0.15) is 0 Å². The van der Waals surface area contributed by atoms with Crippen LogP contribution in [0.2, 0.25) is 0 Å². The molecule has 0 fully saturated rings. The quantitative estimate of drug-likeness (QED) is 0.862. The van der Waals surface area contributed by atoms with Crippen LogP contribution in [0.15, 0.2) is 24.3 Å². The fourth-order valence-electron chi connectivity index (χ4n) is 2.04. The van der Waals surface area contributed by atoms with E-state index in [1.54, 1.807) is 0 Å².